The molecule has 0 spiro atoms. The van der Waals surface area contributed by atoms with Crippen LogP contribution in [0.25, 0.3) is 6.08 Å². The standard InChI is InChI=1S/C21H16N4O2S/c22-9-10-27-16-7-5-14(6-8-16)11-15(12-23)20(26)25-21-18(13-24)17-3-1-2-4-19(17)28-21/h5-8,11H,1-4,10H2,(H,25,26). The molecule has 1 amide bonds. The predicted octanol–water partition coefficient (Wildman–Crippen LogP) is 3.95. The maximum atomic E-state index is 12.6. The molecule has 0 atom stereocenters. The van der Waals surface area contributed by atoms with Crippen molar-refractivity contribution in [2.75, 3.05) is 11.9 Å². The van der Waals surface area contributed by atoms with Gasteiger partial charge in [-0.1, -0.05) is 12.1 Å². The number of anilines is 1. The van der Waals surface area contributed by atoms with E-state index in [4.69, 9.17) is 10.00 Å². The maximum Gasteiger partial charge on any atom is 0.266 e. The highest BCUT2D eigenvalue weighted by Gasteiger charge is 2.22. The van der Waals surface area contributed by atoms with Crippen LogP contribution in [0.5, 0.6) is 5.75 Å². The molecular formula is C21H16N4O2S. The first kappa shape index (κ1) is 19.2. The summed E-state index contributed by atoms with van der Waals surface area (Å²) in [6.45, 7) is -0.0486. The molecule has 28 heavy (non-hydrogen) atoms. The Balaban J connectivity index is 1.78. The number of ether oxygens (including phenoxy) is 1. The van der Waals surface area contributed by atoms with Gasteiger partial charge < -0.3 is 10.1 Å². The van der Waals surface area contributed by atoms with Crippen molar-refractivity contribution in [3.63, 3.8) is 0 Å². The minimum Gasteiger partial charge on any atom is -0.479 e. The lowest BCUT2D eigenvalue weighted by Crippen LogP contribution is -2.13. The van der Waals surface area contributed by atoms with E-state index < -0.39 is 5.91 Å². The zero-order valence-corrected chi connectivity index (χ0v) is 15.8. The lowest BCUT2D eigenvalue weighted by molar-refractivity contribution is -0.112. The van der Waals surface area contributed by atoms with Gasteiger partial charge in [0, 0.05) is 4.88 Å². The van der Waals surface area contributed by atoms with E-state index >= 15 is 0 Å². The fourth-order valence-corrected chi connectivity index (χ4v) is 4.27. The molecule has 1 heterocycles. The zero-order chi connectivity index (χ0) is 19.9. The average molecular weight is 388 g/mol. The first-order chi connectivity index (χ1) is 13.7. The second-order valence-corrected chi connectivity index (χ2v) is 7.27. The second-order valence-electron chi connectivity index (χ2n) is 6.17. The van der Waals surface area contributed by atoms with Gasteiger partial charge in [-0.3, -0.25) is 4.79 Å². The Labute approximate surface area is 166 Å². The fraction of sp³-hybridized carbons (Fsp3) is 0.238. The molecule has 7 heteroatoms. The second kappa shape index (κ2) is 8.86. The number of fused-ring (bicyclic) bond motifs is 1. The fourth-order valence-electron chi connectivity index (χ4n) is 3.03. The molecule has 1 aromatic heterocycles. The molecule has 0 saturated carbocycles. The molecule has 3 rings (SSSR count). The Morgan fingerprint density at radius 2 is 1.93 bits per heavy atom. The molecule has 0 saturated heterocycles. The number of hydrogen-bond donors (Lipinski definition) is 1. The summed E-state index contributed by atoms with van der Waals surface area (Å²) in [6, 6.07) is 12.7. The average Bonchev–Trinajstić information content (AvgIpc) is 3.08. The number of benzene rings is 1. The SMILES string of the molecule is N#CCOc1ccc(C=C(C#N)C(=O)Nc2sc3c(c2C#N)CCCC3)cc1. The normalized spacial score (nSPS) is 12.8. The van der Waals surface area contributed by atoms with Crippen molar-refractivity contribution in [2.24, 2.45) is 0 Å². The highest BCUT2D eigenvalue weighted by atomic mass is 32.1. The molecule has 0 bridgehead atoms. The minimum absolute atomic E-state index is 0.0486. The Morgan fingerprint density at radius 1 is 1.18 bits per heavy atom. The molecule has 1 aliphatic rings. The smallest absolute Gasteiger partial charge is 0.266 e. The summed E-state index contributed by atoms with van der Waals surface area (Å²) in [5.74, 6) is -0.00751. The molecule has 0 fully saturated rings. The first-order valence-electron chi connectivity index (χ1n) is 8.74. The predicted molar refractivity (Wildman–Crippen MR) is 105 cm³/mol. The van der Waals surface area contributed by atoms with Crippen molar-refractivity contribution in [3.05, 3.63) is 51.4 Å². The van der Waals surface area contributed by atoms with E-state index in [0.717, 1.165) is 36.1 Å². The highest BCUT2D eigenvalue weighted by molar-refractivity contribution is 7.16. The molecule has 0 unspecified atom stereocenters. The maximum absolute atomic E-state index is 12.6. The Bertz CT molecular complexity index is 1050. The zero-order valence-electron chi connectivity index (χ0n) is 15.0. The van der Waals surface area contributed by atoms with E-state index in [1.807, 2.05) is 12.1 Å². The van der Waals surface area contributed by atoms with E-state index in [0.29, 0.717) is 21.9 Å². The minimum atomic E-state index is -0.539. The Morgan fingerprint density at radius 3 is 2.61 bits per heavy atom. The monoisotopic (exact) mass is 388 g/mol. The summed E-state index contributed by atoms with van der Waals surface area (Å²) in [5, 5.41) is 30.7. The Hall–Kier alpha value is -3.60. The van der Waals surface area contributed by atoms with Gasteiger partial charge in [-0.2, -0.15) is 15.8 Å². The van der Waals surface area contributed by atoms with Crippen LogP contribution in [0.15, 0.2) is 29.8 Å². The van der Waals surface area contributed by atoms with Crippen molar-refractivity contribution < 1.29 is 9.53 Å². The molecule has 0 radical (unpaired) electrons. The van der Waals surface area contributed by atoms with Gasteiger partial charge in [-0.15, -0.1) is 11.3 Å². The van der Waals surface area contributed by atoms with Crippen LogP contribution < -0.4 is 10.1 Å². The topological polar surface area (TPSA) is 110 Å². The van der Waals surface area contributed by atoms with Crippen LogP contribution in [0.4, 0.5) is 5.00 Å². The van der Waals surface area contributed by atoms with Gasteiger partial charge in [0.05, 0.1) is 5.56 Å². The van der Waals surface area contributed by atoms with Gasteiger partial charge in [-0.05, 0) is 55.0 Å². The van der Waals surface area contributed by atoms with Gasteiger partial charge in [0.25, 0.3) is 5.91 Å². The number of rotatable bonds is 5. The van der Waals surface area contributed by atoms with E-state index in [1.54, 1.807) is 24.3 Å². The largest absolute Gasteiger partial charge is 0.479 e. The van der Waals surface area contributed by atoms with Gasteiger partial charge in [0.15, 0.2) is 6.61 Å². The van der Waals surface area contributed by atoms with Crippen molar-refractivity contribution in [2.45, 2.75) is 25.7 Å². The van der Waals surface area contributed by atoms with E-state index in [2.05, 4.69) is 11.4 Å². The van der Waals surface area contributed by atoms with Crippen molar-refractivity contribution in [3.8, 4) is 24.0 Å². The van der Waals surface area contributed by atoms with E-state index in [9.17, 15) is 15.3 Å². The number of thiophene rings is 1. The van der Waals surface area contributed by atoms with Gasteiger partial charge >= 0.3 is 0 Å². The lowest BCUT2D eigenvalue weighted by atomic mass is 9.96. The van der Waals surface area contributed by atoms with Crippen LogP contribution in [0, 0.1) is 34.0 Å². The number of aryl methyl sites for hydroxylation is 1. The van der Waals surface area contributed by atoms with Gasteiger partial charge in [0.1, 0.15) is 34.5 Å². The summed E-state index contributed by atoms with van der Waals surface area (Å²) in [4.78, 5) is 13.7. The van der Waals surface area contributed by atoms with Crippen LogP contribution in [-0.4, -0.2) is 12.5 Å². The third kappa shape index (κ3) is 4.20. The van der Waals surface area contributed by atoms with E-state index in [-0.39, 0.29) is 12.2 Å². The molecule has 0 aliphatic heterocycles. The van der Waals surface area contributed by atoms with Crippen LogP contribution in [0.1, 0.15) is 34.4 Å². The van der Waals surface area contributed by atoms with Crippen LogP contribution >= 0.6 is 11.3 Å². The molecule has 138 valence electrons. The first-order valence-corrected chi connectivity index (χ1v) is 9.55. The molecule has 1 N–H and O–H groups in total. The van der Waals surface area contributed by atoms with Crippen LogP contribution in [0.2, 0.25) is 0 Å². The molecule has 1 aliphatic carbocycles. The summed E-state index contributed by atoms with van der Waals surface area (Å²) < 4.78 is 5.18. The summed E-state index contributed by atoms with van der Waals surface area (Å²) in [5.41, 5.74) is 2.15. The number of nitrogens with zero attached hydrogens (tertiary/aromatic N) is 3. The summed E-state index contributed by atoms with van der Waals surface area (Å²) >= 11 is 1.42. The molecule has 1 aromatic carbocycles. The summed E-state index contributed by atoms with van der Waals surface area (Å²) in [6.07, 6.45) is 5.38. The molecular weight excluding hydrogens is 372 g/mol. The number of nitrogens with one attached hydrogen (secondary N) is 1. The van der Waals surface area contributed by atoms with Crippen molar-refractivity contribution >= 4 is 28.3 Å². The summed E-state index contributed by atoms with van der Waals surface area (Å²) in [7, 11) is 0. The number of carbonyl (C=O) groups is 1. The molecule has 2 aromatic rings. The van der Waals surface area contributed by atoms with Crippen molar-refractivity contribution in [1.29, 1.82) is 15.8 Å². The van der Waals surface area contributed by atoms with Crippen LogP contribution in [0.3, 0.4) is 0 Å². The van der Waals surface area contributed by atoms with Crippen molar-refractivity contribution in [1.82, 2.24) is 0 Å². The van der Waals surface area contributed by atoms with Gasteiger partial charge in [0.2, 0.25) is 0 Å². The number of amides is 1. The van der Waals surface area contributed by atoms with Gasteiger partial charge in [-0.25, -0.2) is 0 Å². The third-order valence-corrected chi connectivity index (χ3v) is 5.58. The number of hydrogen-bond acceptors (Lipinski definition) is 6. The quantitative estimate of drug-likeness (QED) is 0.616. The number of carbonyl (C=O) groups excluding carboxylic acids is 1. The third-order valence-electron chi connectivity index (χ3n) is 4.37. The highest BCUT2D eigenvalue weighted by Crippen LogP contribution is 2.37. The molecule has 6 nitrogen and oxygen atoms in total. The van der Waals surface area contributed by atoms with Crippen LogP contribution in [-0.2, 0) is 17.6 Å². The number of nitriles is 3. The lowest BCUT2D eigenvalue weighted by Gasteiger charge is -2.09. The van der Waals surface area contributed by atoms with E-state index in [1.165, 1.54) is 17.4 Å². The Kier molecular flexibility index (Phi) is 6.07.